The largest absolute Gasteiger partial charge is 0.492 e. The summed E-state index contributed by atoms with van der Waals surface area (Å²) < 4.78 is 18.2. The number of carbonyl (C=O) groups excluding carboxylic acids is 1. The highest BCUT2D eigenvalue weighted by molar-refractivity contribution is 5.83. The van der Waals surface area contributed by atoms with Gasteiger partial charge in [0.25, 0.3) is 5.91 Å². The van der Waals surface area contributed by atoms with Crippen LogP contribution >= 0.6 is 0 Å². The first-order valence-electron chi connectivity index (χ1n) is 13.3. The molecule has 204 valence electrons. The van der Waals surface area contributed by atoms with Crippen molar-refractivity contribution in [3.05, 3.63) is 75.8 Å². The smallest absolute Gasteiger partial charge is 0.304 e. The Hall–Kier alpha value is -4.00. The van der Waals surface area contributed by atoms with Gasteiger partial charge in [0, 0.05) is 17.5 Å². The van der Waals surface area contributed by atoms with E-state index in [0.29, 0.717) is 18.1 Å². The van der Waals surface area contributed by atoms with Gasteiger partial charge in [0.1, 0.15) is 23.4 Å². The number of rotatable bonds is 8. The highest BCUT2D eigenvalue weighted by Gasteiger charge is 2.32. The van der Waals surface area contributed by atoms with E-state index in [1.807, 2.05) is 30.3 Å². The van der Waals surface area contributed by atoms with E-state index in [9.17, 15) is 14.7 Å². The maximum atomic E-state index is 11.8. The van der Waals surface area contributed by atoms with Gasteiger partial charge in [0.05, 0.1) is 13.0 Å². The average molecular weight is 530 g/mol. The molecular weight excluding hydrogens is 494 g/mol. The minimum atomic E-state index is -1.10. The van der Waals surface area contributed by atoms with Crippen LogP contribution in [0.2, 0.25) is 0 Å². The maximum Gasteiger partial charge on any atom is 0.304 e. The molecule has 7 nitrogen and oxygen atoms in total. The Morgan fingerprint density at radius 1 is 1.03 bits per heavy atom. The molecule has 0 spiro atoms. The van der Waals surface area contributed by atoms with Crippen molar-refractivity contribution in [3.63, 3.8) is 0 Å². The van der Waals surface area contributed by atoms with Crippen LogP contribution in [0.15, 0.2) is 42.5 Å². The van der Waals surface area contributed by atoms with Gasteiger partial charge in [-0.15, -0.1) is 0 Å². The summed E-state index contributed by atoms with van der Waals surface area (Å²) in [6, 6.07) is 14.0. The minimum Gasteiger partial charge on any atom is -0.492 e. The summed E-state index contributed by atoms with van der Waals surface area (Å²) in [5, 5.41) is 9.18. The summed E-state index contributed by atoms with van der Waals surface area (Å²) in [5.41, 5.74) is 13.5. The first kappa shape index (κ1) is 26.6. The van der Waals surface area contributed by atoms with E-state index in [0.717, 1.165) is 40.8 Å². The molecule has 2 aliphatic rings. The van der Waals surface area contributed by atoms with Crippen LogP contribution in [0, 0.1) is 20.8 Å². The summed E-state index contributed by atoms with van der Waals surface area (Å²) in [6.45, 7) is 9.95. The van der Waals surface area contributed by atoms with Crippen LogP contribution in [0.5, 0.6) is 17.2 Å². The third-order valence-electron chi connectivity index (χ3n) is 7.86. The molecule has 0 saturated carbocycles. The van der Waals surface area contributed by atoms with Crippen molar-refractivity contribution < 1.29 is 28.9 Å². The van der Waals surface area contributed by atoms with E-state index in [1.165, 1.54) is 22.3 Å². The molecule has 1 aliphatic carbocycles. The number of primary amides is 1. The molecule has 1 aliphatic heterocycles. The van der Waals surface area contributed by atoms with Crippen LogP contribution in [-0.2, 0) is 16.0 Å². The Morgan fingerprint density at radius 3 is 2.41 bits per heavy atom. The monoisotopic (exact) mass is 529 g/mol. The van der Waals surface area contributed by atoms with Crippen molar-refractivity contribution in [2.75, 3.05) is 6.61 Å². The van der Waals surface area contributed by atoms with Crippen LogP contribution < -0.4 is 19.9 Å². The number of aryl methyl sites for hydroxylation is 3. The number of aliphatic carboxylic acids is 1. The van der Waals surface area contributed by atoms with Gasteiger partial charge in [0.15, 0.2) is 5.60 Å². The standard InChI is InChI=1S/C32H35NO6/c1-17-6-8-24(29-18(2)12-22(13-19(29)3)39-32(4,5)31(33)36)25-10-11-26(30(17)25)38-21-7-9-23-20(14-28(34)35)16-37-27(23)15-21/h6-9,12-13,15,20,26H,10-11,14,16H2,1-5H3,(H2,33,36)(H,34,35)/t20-,26-/m1/s1. The fourth-order valence-electron chi connectivity index (χ4n) is 5.90. The summed E-state index contributed by atoms with van der Waals surface area (Å²) in [6.07, 6.45) is 1.72. The zero-order chi connectivity index (χ0) is 28.1. The maximum absolute atomic E-state index is 11.8. The lowest BCUT2D eigenvalue weighted by Gasteiger charge is -2.24. The predicted octanol–water partition coefficient (Wildman–Crippen LogP) is 5.94. The summed E-state index contributed by atoms with van der Waals surface area (Å²) in [4.78, 5) is 22.9. The van der Waals surface area contributed by atoms with Crippen molar-refractivity contribution >= 4 is 11.9 Å². The number of benzene rings is 3. The summed E-state index contributed by atoms with van der Waals surface area (Å²) in [5.74, 6) is 0.571. The van der Waals surface area contributed by atoms with Crippen molar-refractivity contribution in [1.82, 2.24) is 0 Å². The molecule has 3 aromatic carbocycles. The Morgan fingerprint density at radius 2 is 1.74 bits per heavy atom. The number of carboxylic acids is 1. The lowest BCUT2D eigenvalue weighted by Crippen LogP contribution is -2.43. The van der Waals surface area contributed by atoms with Crippen LogP contribution in [-0.4, -0.2) is 29.2 Å². The minimum absolute atomic E-state index is 0.0556. The van der Waals surface area contributed by atoms with Crippen molar-refractivity contribution in [2.24, 2.45) is 5.73 Å². The highest BCUT2D eigenvalue weighted by Crippen LogP contribution is 2.45. The number of nitrogens with two attached hydrogens (primary N) is 1. The van der Waals surface area contributed by atoms with E-state index in [4.69, 9.17) is 19.9 Å². The van der Waals surface area contributed by atoms with Gasteiger partial charge < -0.3 is 25.1 Å². The van der Waals surface area contributed by atoms with E-state index in [2.05, 4.69) is 32.9 Å². The molecule has 3 aromatic rings. The molecule has 39 heavy (non-hydrogen) atoms. The lowest BCUT2D eigenvalue weighted by atomic mass is 9.88. The second-order valence-electron chi connectivity index (χ2n) is 11.2. The van der Waals surface area contributed by atoms with E-state index < -0.39 is 17.5 Å². The molecular formula is C32H35NO6. The van der Waals surface area contributed by atoms with E-state index in [1.54, 1.807) is 13.8 Å². The summed E-state index contributed by atoms with van der Waals surface area (Å²) in [7, 11) is 0. The van der Waals surface area contributed by atoms with E-state index in [-0.39, 0.29) is 18.4 Å². The van der Waals surface area contributed by atoms with Gasteiger partial charge in [0.2, 0.25) is 0 Å². The first-order chi connectivity index (χ1) is 18.4. The quantitative estimate of drug-likeness (QED) is 0.374. The molecule has 1 heterocycles. The molecule has 0 fully saturated rings. The number of fused-ring (bicyclic) bond motifs is 2. The molecule has 3 N–H and O–H groups in total. The van der Waals surface area contributed by atoms with E-state index >= 15 is 0 Å². The topological polar surface area (TPSA) is 108 Å². The van der Waals surface area contributed by atoms with Gasteiger partial charge in [-0.2, -0.15) is 0 Å². The number of hydrogen-bond acceptors (Lipinski definition) is 5. The van der Waals surface area contributed by atoms with Gasteiger partial charge in [-0.25, -0.2) is 0 Å². The predicted molar refractivity (Wildman–Crippen MR) is 149 cm³/mol. The molecule has 0 aromatic heterocycles. The Bertz CT molecular complexity index is 1450. The van der Waals surface area contributed by atoms with Crippen molar-refractivity contribution in [1.29, 1.82) is 0 Å². The molecule has 0 bridgehead atoms. The van der Waals surface area contributed by atoms with Crippen molar-refractivity contribution in [2.45, 2.75) is 71.5 Å². The first-order valence-corrected chi connectivity index (χ1v) is 13.3. The summed E-state index contributed by atoms with van der Waals surface area (Å²) >= 11 is 0. The molecule has 0 saturated heterocycles. The fourth-order valence-corrected chi connectivity index (χ4v) is 5.90. The normalized spacial score (nSPS) is 17.8. The molecule has 5 rings (SSSR count). The average Bonchev–Trinajstić information content (AvgIpc) is 3.44. The number of hydrogen-bond donors (Lipinski definition) is 2. The fraction of sp³-hybridized carbons (Fsp3) is 0.375. The van der Waals surface area contributed by atoms with Gasteiger partial charge in [-0.05, 0) is 105 Å². The Kier molecular flexibility index (Phi) is 6.79. The molecule has 0 radical (unpaired) electrons. The van der Waals surface area contributed by atoms with Gasteiger partial charge >= 0.3 is 5.97 Å². The SMILES string of the molecule is Cc1cc(OC(C)(C)C(N)=O)cc(C)c1-c1ccc(C)c2c1CC[C@H]2Oc1ccc2c(c1)OC[C@H]2CC(=O)O. The van der Waals surface area contributed by atoms with Gasteiger partial charge in [-0.1, -0.05) is 18.2 Å². The highest BCUT2D eigenvalue weighted by atomic mass is 16.5. The number of amides is 1. The second kappa shape index (κ2) is 9.95. The van der Waals surface area contributed by atoms with Gasteiger partial charge in [-0.3, -0.25) is 9.59 Å². The third-order valence-corrected chi connectivity index (χ3v) is 7.86. The molecule has 7 heteroatoms. The number of carbonyl (C=O) groups is 2. The zero-order valence-electron chi connectivity index (χ0n) is 23.1. The third kappa shape index (κ3) is 5.05. The van der Waals surface area contributed by atoms with Crippen LogP contribution in [0.25, 0.3) is 11.1 Å². The molecule has 2 atom stereocenters. The van der Waals surface area contributed by atoms with Crippen LogP contribution in [0.1, 0.15) is 72.1 Å². The Labute approximate surface area is 228 Å². The second-order valence-corrected chi connectivity index (χ2v) is 11.2. The van der Waals surface area contributed by atoms with Crippen LogP contribution in [0.3, 0.4) is 0 Å². The number of ether oxygens (including phenoxy) is 3. The Balaban J connectivity index is 1.43. The molecule has 0 unspecified atom stereocenters. The molecule has 1 amide bonds. The lowest BCUT2D eigenvalue weighted by molar-refractivity contribution is -0.137. The van der Waals surface area contributed by atoms with Crippen molar-refractivity contribution in [3.8, 4) is 28.4 Å². The zero-order valence-corrected chi connectivity index (χ0v) is 23.1. The van der Waals surface area contributed by atoms with Crippen LogP contribution in [0.4, 0.5) is 0 Å². The number of carboxylic acid groups (broad SMARTS) is 1.